The van der Waals surface area contributed by atoms with Gasteiger partial charge in [-0.2, -0.15) is 0 Å². The molecule has 0 saturated heterocycles. The summed E-state index contributed by atoms with van der Waals surface area (Å²) in [4.78, 5) is 64.1. The first-order valence-electron chi connectivity index (χ1n) is 11.9. The predicted octanol–water partition coefficient (Wildman–Crippen LogP) is 3.07. The number of benzene rings is 3. The molecule has 0 radical (unpaired) electrons. The van der Waals surface area contributed by atoms with E-state index in [1.165, 1.54) is 6.07 Å². The smallest absolute Gasteiger partial charge is 0.341 e. The van der Waals surface area contributed by atoms with Gasteiger partial charge < -0.3 is 21.1 Å². The number of pyridine rings is 1. The number of carboxylic acids is 1. The number of aromatic nitrogens is 1. The molecule has 1 aromatic heterocycles. The normalized spacial score (nSPS) is 11.6. The molecule has 0 unspecified atom stereocenters. The molecule has 0 saturated carbocycles. The van der Waals surface area contributed by atoms with Crippen LogP contribution in [-0.2, 0) is 16.0 Å². The number of nitrogens with two attached hydrogens (primary N) is 1. The van der Waals surface area contributed by atoms with Gasteiger partial charge in [-0.05, 0) is 47.4 Å². The lowest BCUT2D eigenvalue weighted by Crippen LogP contribution is -2.42. The lowest BCUT2D eigenvalue weighted by atomic mass is 9.98. The second-order valence-corrected chi connectivity index (χ2v) is 8.83. The molecule has 9 nitrogen and oxygen atoms in total. The fourth-order valence-electron chi connectivity index (χ4n) is 4.15. The SMILES string of the molecule is NC(=O)CC[C@H](NC(=O)c1ccc(-c2ccccc2)cc1)C(=O)Cc1ccc2[nH]cc(C(=O)O)c(=O)c2c1. The molecule has 0 fully saturated rings. The first-order chi connectivity index (χ1) is 18.2. The molecule has 1 heterocycles. The Hall–Kier alpha value is -5.05. The van der Waals surface area contributed by atoms with Crippen LogP contribution < -0.4 is 16.5 Å². The van der Waals surface area contributed by atoms with Crippen LogP contribution in [0.25, 0.3) is 22.0 Å². The molecule has 4 aromatic rings. The Kier molecular flexibility index (Phi) is 7.77. The molecule has 9 heteroatoms. The van der Waals surface area contributed by atoms with E-state index in [-0.39, 0.29) is 30.4 Å². The largest absolute Gasteiger partial charge is 0.477 e. The zero-order valence-corrected chi connectivity index (χ0v) is 20.3. The van der Waals surface area contributed by atoms with E-state index in [0.29, 0.717) is 16.6 Å². The number of carbonyl (C=O) groups excluding carboxylic acids is 3. The number of aromatic amines is 1. The molecular weight excluding hydrogens is 486 g/mol. The summed E-state index contributed by atoms with van der Waals surface area (Å²) in [6.07, 6.45) is 0.880. The Labute approximate surface area is 217 Å². The van der Waals surface area contributed by atoms with Gasteiger partial charge in [0.15, 0.2) is 5.78 Å². The van der Waals surface area contributed by atoms with Crippen LogP contribution in [0.3, 0.4) is 0 Å². The average molecular weight is 512 g/mol. The number of primary amides is 1. The summed E-state index contributed by atoms with van der Waals surface area (Å²) in [5.74, 6) is -2.83. The molecule has 0 spiro atoms. The van der Waals surface area contributed by atoms with E-state index in [4.69, 9.17) is 5.73 Å². The van der Waals surface area contributed by atoms with E-state index in [0.717, 1.165) is 17.3 Å². The van der Waals surface area contributed by atoms with Gasteiger partial charge in [0.05, 0.1) is 6.04 Å². The minimum atomic E-state index is -1.36. The van der Waals surface area contributed by atoms with Crippen molar-refractivity contribution in [3.63, 3.8) is 0 Å². The summed E-state index contributed by atoms with van der Waals surface area (Å²) in [5, 5.41) is 12.0. The number of aromatic carboxylic acids is 1. The van der Waals surface area contributed by atoms with Gasteiger partial charge in [-0.1, -0.05) is 48.5 Å². The van der Waals surface area contributed by atoms with Crippen molar-refractivity contribution in [2.45, 2.75) is 25.3 Å². The number of ketones is 1. The molecule has 0 aliphatic carbocycles. The van der Waals surface area contributed by atoms with Gasteiger partial charge in [0.25, 0.3) is 5.91 Å². The molecule has 0 aliphatic heterocycles. The highest BCUT2D eigenvalue weighted by Gasteiger charge is 2.23. The third-order valence-corrected chi connectivity index (χ3v) is 6.18. The van der Waals surface area contributed by atoms with Gasteiger partial charge in [-0.3, -0.25) is 19.2 Å². The van der Waals surface area contributed by atoms with Crippen LogP contribution in [0.1, 0.15) is 39.1 Å². The Bertz CT molecular complexity index is 1580. The highest BCUT2D eigenvalue weighted by molar-refractivity contribution is 5.99. The fraction of sp³-hybridized carbons (Fsp3) is 0.138. The van der Waals surface area contributed by atoms with Crippen LogP contribution >= 0.6 is 0 Å². The summed E-state index contributed by atoms with van der Waals surface area (Å²) >= 11 is 0. The van der Waals surface area contributed by atoms with Crippen molar-refractivity contribution in [3.8, 4) is 11.1 Å². The second-order valence-electron chi connectivity index (χ2n) is 8.83. The van der Waals surface area contributed by atoms with Gasteiger partial charge >= 0.3 is 5.97 Å². The number of amides is 2. The van der Waals surface area contributed by atoms with Crippen molar-refractivity contribution in [1.82, 2.24) is 10.3 Å². The van der Waals surface area contributed by atoms with Crippen LogP contribution in [0, 0.1) is 0 Å². The van der Waals surface area contributed by atoms with Crippen LogP contribution in [0.4, 0.5) is 0 Å². The molecule has 38 heavy (non-hydrogen) atoms. The number of carbonyl (C=O) groups is 4. The quantitative estimate of drug-likeness (QED) is 0.256. The summed E-state index contributed by atoms with van der Waals surface area (Å²) in [6.45, 7) is 0. The van der Waals surface area contributed by atoms with Crippen LogP contribution in [-0.4, -0.2) is 39.7 Å². The Morgan fingerprint density at radius 1 is 0.921 bits per heavy atom. The van der Waals surface area contributed by atoms with Gasteiger partial charge in [0, 0.05) is 35.5 Å². The minimum Gasteiger partial charge on any atom is -0.477 e. The van der Waals surface area contributed by atoms with Gasteiger partial charge in [0.2, 0.25) is 11.3 Å². The van der Waals surface area contributed by atoms with Crippen LogP contribution in [0.15, 0.2) is 83.8 Å². The van der Waals surface area contributed by atoms with E-state index in [1.807, 2.05) is 42.5 Å². The van der Waals surface area contributed by atoms with Gasteiger partial charge in [0.1, 0.15) is 5.56 Å². The maximum Gasteiger partial charge on any atom is 0.341 e. The van der Waals surface area contributed by atoms with Crippen molar-refractivity contribution in [3.05, 3.63) is 106 Å². The molecule has 5 N–H and O–H groups in total. The predicted molar refractivity (Wildman–Crippen MR) is 142 cm³/mol. The summed E-state index contributed by atoms with van der Waals surface area (Å²) in [7, 11) is 0. The van der Waals surface area contributed by atoms with Crippen molar-refractivity contribution in [2.24, 2.45) is 5.73 Å². The standard InChI is InChI=1S/C29H25N3O6/c30-26(34)13-12-24(32-28(36)20-9-7-19(8-10-20)18-4-2-1-3-5-18)25(33)15-17-6-11-23-21(14-17)27(35)22(16-31-23)29(37)38/h1-11,14,16,24H,12-13,15H2,(H2,30,34)(H,31,35)(H,32,36)(H,37,38)/t24-/m0/s1. The maximum absolute atomic E-state index is 13.2. The fourth-order valence-corrected chi connectivity index (χ4v) is 4.15. The Morgan fingerprint density at radius 3 is 2.26 bits per heavy atom. The summed E-state index contributed by atoms with van der Waals surface area (Å²) < 4.78 is 0. The highest BCUT2D eigenvalue weighted by atomic mass is 16.4. The Balaban J connectivity index is 1.53. The van der Waals surface area contributed by atoms with E-state index in [1.54, 1.807) is 24.3 Å². The van der Waals surface area contributed by atoms with Crippen molar-refractivity contribution in [2.75, 3.05) is 0 Å². The number of hydrogen-bond acceptors (Lipinski definition) is 5. The molecular formula is C29H25N3O6. The third kappa shape index (κ3) is 6.01. The van der Waals surface area contributed by atoms with Crippen molar-refractivity contribution in [1.29, 1.82) is 0 Å². The number of nitrogens with one attached hydrogen (secondary N) is 2. The lowest BCUT2D eigenvalue weighted by Gasteiger charge is -2.18. The number of fused-ring (bicyclic) bond motifs is 1. The third-order valence-electron chi connectivity index (χ3n) is 6.18. The van der Waals surface area contributed by atoms with E-state index in [9.17, 15) is 29.1 Å². The summed E-state index contributed by atoms with van der Waals surface area (Å²) in [6, 6.07) is 20.3. The minimum absolute atomic E-state index is 0.0132. The molecule has 192 valence electrons. The first kappa shape index (κ1) is 26.0. The zero-order chi connectivity index (χ0) is 27.2. The molecule has 0 aliphatic rings. The second kappa shape index (κ2) is 11.3. The Morgan fingerprint density at radius 2 is 1.61 bits per heavy atom. The van der Waals surface area contributed by atoms with E-state index >= 15 is 0 Å². The molecule has 4 rings (SSSR count). The molecule has 2 amide bonds. The van der Waals surface area contributed by atoms with Crippen LogP contribution in [0.2, 0.25) is 0 Å². The van der Waals surface area contributed by atoms with Crippen LogP contribution in [0.5, 0.6) is 0 Å². The van der Waals surface area contributed by atoms with Crippen molar-refractivity contribution >= 4 is 34.5 Å². The number of carboxylic acid groups (broad SMARTS) is 1. The van der Waals surface area contributed by atoms with Gasteiger partial charge in [-0.25, -0.2) is 4.79 Å². The lowest BCUT2D eigenvalue weighted by molar-refractivity contribution is -0.121. The number of Topliss-reactive ketones (excluding diaryl/α,β-unsaturated/α-hetero) is 1. The maximum atomic E-state index is 13.2. The van der Waals surface area contributed by atoms with Gasteiger partial charge in [-0.15, -0.1) is 0 Å². The summed E-state index contributed by atoms with van der Waals surface area (Å²) in [5.41, 5.74) is 7.36. The monoisotopic (exact) mass is 511 g/mol. The first-order valence-corrected chi connectivity index (χ1v) is 11.9. The topological polar surface area (TPSA) is 159 Å². The molecule has 0 bridgehead atoms. The van der Waals surface area contributed by atoms with E-state index in [2.05, 4.69) is 10.3 Å². The average Bonchev–Trinajstić information content (AvgIpc) is 2.91. The molecule has 3 aromatic carbocycles. The van der Waals surface area contributed by atoms with E-state index < -0.39 is 34.8 Å². The number of H-pyrrole nitrogens is 1. The number of rotatable bonds is 10. The highest BCUT2D eigenvalue weighted by Crippen LogP contribution is 2.19. The zero-order valence-electron chi connectivity index (χ0n) is 20.3. The number of hydrogen-bond donors (Lipinski definition) is 4. The molecule has 1 atom stereocenters. The van der Waals surface area contributed by atoms with Crippen molar-refractivity contribution < 1.29 is 24.3 Å².